The van der Waals surface area contributed by atoms with Crippen molar-refractivity contribution in [3.05, 3.63) is 84.4 Å². The Morgan fingerprint density at radius 1 is 1.04 bits per heavy atom. The summed E-state index contributed by atoms with van der Waals surface area (Å²) in [6.45, 7) is 4.13. The van der Waals surface area contributed by atoms with E-state index in [1.807, 2.05) is 60.7 Å². The fraction of sp³-hybridized carbons (Fsp3) is 0.300. The average molecular weight is 312 g/mol. The molecule has 3 atom stereocenters. The second kappa shape index (κ2) is 9.26. The van der Waals surface area contributed by atoms with Gasteiger partial charge in [0.05, 0.1) is 12.7 Å². The maximum Gasteiger partial charge on any atom is 0.114 e. The van der Waals surface area contributed by atoms with E-state index in [9.17, 15) is 5.11 Å². The average Bonchev–Trinajstić information content (AvgIpc) is 2.60. The molecular formula is C20H24O3. The predicted molar refractivity (Wildman–Crippen MR) is 92.0 cm³/mol. The van der Waals surface area contributed by atoms with Crippen LogP contribution in [0, 0.1) is 0 Å². The quantitative estimate of drug-likeness (QED) is 0.714. The van der Waals surface area contributed by atoms with Gasteiger partial charge in [0, 0.05) is 7.11 Å². The smallest absolute Gasteiger partial charge is 0.114 e. The number of aliphatic hydroxyl groups is 1. The Bertz CT molecular complexity index is 568. The van der Waals surface area contributed by atoms with Crippen molar-refractivity contribution in [2.75, 3.05) is 7.11 Å². The summed E-state index contributed by atoms with van der Waals surface area (Å²) in [5.41, 5.74) is 2.04. The lowest BCUT2D eigenvalue weighted by Crippen LogP contribution is -2.35. The van der Waals surface area contributed by atoms with Crippen LogP contribution in [0.1, 0.15) is 23.7 Å². The molecule has 23 heavy (non-hydrogen) atoms. The molecule has 0 spiro atoms. The molecule has 0 radical (unpaired) electrons. The largest absolute Gasteiger partial charge is 0.390 e. The van der Waals surface area contributed by atoms with E-state index in [0.717, 1.165) is 11.1 Å². The highest BCUT2D eigenvalue weighted by atomic mass is 16.5. The highest BCUT2D eigenvalue weighted by Crippen LogP contribution is 2.27. The first kappa shape index (κ1) is 17.4. The summed E-state index contributed by atoms with van der Waals surface area (Å²) < 4.78 is 11.7. The molecule has 0 aliphatic heterocycles. The molecule has 2 aromatic rings. The molecule has 0 fully saturated rings. The van der Waals surface area contributed by atoms with Gasteiger partial charge in [-0.05, 0) is 17.5 Å². The first-order chi connectivity index (χ1) is 11.3. The van der Waals surface area contributed by atoms with Gasteiger partial charge in [0.15, 0.2) is 0 Å². The molecular weight excluding hydrogens is 288 g/mol. The maximum atomic E-state index is 10.5. The molecule has 0 bridgehead atoms. The van der Waals surface area contributed by atoms with Crippen molar-refractivity contribution in [2.24, 2.45) is 0 Å². The number of methoxy groups -OCH3 is 1. The van der Waals surface area contributed by atoms with Crippen molar-refractivity contribution >= 4 is 0 Å². The molecule has 3 nitrogen and oxygen atoms in total. The normalized spacial score (nSPS) is 14.9. The van der Waals surface area contributed by atoms with E-state index in [0.29, 0.717) is 13.0 Å². The van der Waals surface area contributed by atoms with Crippen LogP contribution in [0.25, 0.3) is 0 Å². The highest BCUT2D eigenvalue weighted by molar-refractivity contribution is 5.19. The Labute approximate surface area is 138 Å². The molecule has 3 heteroatoms. The predicted octanol–water partition coefficient (Wildman–Crippen LogP) is 3.90. The van der Waals surface area contributed by atoms with E-state index in [-0.39, 0.29) is 6.10 Å². The number of aliphatic hydroxyl groups excluding tert-OH is 1. The molecule has 1 N–H and O–H groups in total. The highest BCUT2D eigenvalue weighted by Gasteiger charge is 2.30. The van der Waals surface area contributed by atoms with Crippen LogP contribution in [-0.4, -0.2) is 24.4 Å². The SMILES string of the molecule is C=CC[C@@H](O)[C@H](OCc1ccccc1)[C@H](OC)c1ccccc1. The summed E-state index contributed by atoms with van der Waals surface area (Å²) in [7, 11) is 1.64. The zero-order chi connectivity index (χ0) is 16.5. The van der Waals surface area contributed by atoms with Crippen molar-refractivity contribution in [3.8, 4) is 0 Å². The maximum absolute atomic E-state index is 10.5. The van der Waals surface area contributed by atoms with Crippen LogP contribution in [0.5, 0.6) is 0 Å². The van der Waals surface area contributed by atoms with E-state index < -0.39 is 12.2 Å². The van der Waals surface area contributed by atoms with Gasteiger partial charge in [-0.2, -0.15) is 0 Å². The molecule has 0 saturated heterocycles. The standard InChI is InChI=1S/C20H24O3/c1-3-10-18(21)20(23-15-16-11-6-4-7-12-16)19(22-2)17-13-8-5-9-14-17/h3-9,11-14,18-21H,1,10,15H2,2H3/t18-,19-,20+/m1/s1. The number of hydrogen-bond donors (Lipinski definition) is 1. The van der Waals surface area contributed by atoms with E-state index in [1.54, 1.807) is 13.2 Å². The molecule has 0 aromatic heterocycles. The van der Waals surface area contributed by atoms with Crippen LogP contribution in [0.3, 0.4) is 0 Å². The molecule has 0 saturated carbocycles. The second-order valence-corrected chi connectivity index (χ2v) is 5.42. The van der Waals surface area contributed by atoms with E-state index in [1.165, 1.54) is 0 Å². The van der Waals surface area contributed by atoms with E-state index in [4.69, 9.17) is 9.47 Å². The lowest BCUT2D eigenvalue weighted by atomic mass is 9.98. The monoisotopic (exact) mass is 312 g/mol. The summed E-state index contributed by atoms with van der Waals surface area (Å²) in [6.07, 6.45) is 0.657. The number of ether oxygens (including phenoxy) is 2. The minimum atomic E-state index is -0.679. The number of benzene rings is 2. The van der Waals surface area contributed by atoms with E-state index in [2.05, 4.69) is 6.58 Å². The lowest BCUT2D eigenvalue weighted by molar-refractivity contribution is -0.119. The summed E-state index contributed by atoms with van der Waals surface area (Å²) >= 11 is 0. The molecule has 0 amide bonds. The Morgan fingerprint density at radius 2 is 1.65 bits per heavy atom. The van der Waals surface area contributed by atoms with Gasteiger partial charge in [0.2, 0.25) is 0 Å². The van der Waals surface area contributed by atoms with Crippen LogP contribution in [0.15, 0.2) is 73.3 Å². The van der Waals surface area contributed by atoms with Gasteiger partial charge < -0.3 is 14.6 Å². The lowest BCUT2D eigenvalue weighted by Gasteiger charge is -2.30. The summed E-state index contributed by atoms with van der Waals surface area (Å²) in [4.78, 5) is 0. The third-order valence-electron chi connectivity index (χ3n) is 3.75. The summed E-state index contributed by atoms with van der Waals surface area (Å²) in [6, 6.07) is 19.7. The number of rotatable bonds is 9. The van der Waals surface area contributed by atoms with Gasteiger partial charge in [-0.15, -0.1) is 6.58 Å². The van der Waals surface area contributed by atoms with Gasteiger partial charge in [-0.25, -0.2) is 0 Å². The Hall–Kier alpha value is -1.94. The van der Waals surface area contributed by atoms with Crippen LogP contribution >= 0.6 is 0 Å². The van der Waals surface area contributed by atoms with Crippen LogP contribution in [0.2, 0.25) is 0 Å². The topological polar surface area (TPSA) is 38.7 Å². The molecule has 0 aliphatic rings. The molecule has 2 rings (SSSR count). The Kier molecular flexibility index (Phi) is 7.01. The third-order valence-corrected chi connectivity index (χ3v) is 3.75. The fourth-order valence-corrected chi connectivity index (χ4v) is 2.57. The van der Waals surface area contributed by atoms with Crippen molar-refractivity contribution in [3.63, 3.8) is 0 Å². The summed E-state index contributed by atoms with van der Waals surface area (Å²) in [5, 5.41) is 10.5. The van der Waals surface area contributed by atoms with Gasteiger partial charge >= 0.3 is 0 Å². The third kappa shape index (κ3) is 5.03. The Balaban J connectivity index is 2.16. The van der Waals surface area contributed by atoms with Crippen LogP contribution < -0.4 is 0 Å². The fourth-order valence-electron chi connectivity index (χ4n) is 2.57. The van der Waals surface area contributed by atoms with Gasteiger partial charge in [0.1, 0.15) is 12.2 Å². The molecule has 0 aliphatic carbocycles. The Morgan fingerprint density at radius 3 is 2.22 bits per heavy atom. The van der Waals surface area contributed by atoms with Crippen LogP contribution in [0.4, 0.5) is 0 Å². The molecule has 122 valence electrons. The first-order valence-electron chi connectivity index (χ1n) is 7.78. The van der Waals surface area contributed by atoms with Crippen molar-refractivity contribution in [2.45, 2.75) is 31.3 Å². The summed E-state index contributed by atoms with van der Waals surface area (Å²) in [5.74, 6) is 0. The first-order valence-corrected chi connectivity index (χ1v) is 7.78. The van der Waals surface area contributed by atoms with Gasteiger partial charge in [0.25, 0.3) is 0 Å². The minimum absolute atomic E-state index is 0.338. The molecule has 0 unspecified atom stereocenters. The number of hydrogen-bond acceptors (Lipinski definition) is 3. The van der Waals surface area contributed by atoms with Gasteiger partial charge in [-0.3, -0.25) is 0 Å². The van der Waals surface area contributed by atoms with Crippen molar-refractivity contribution in [1.29, 1.82) is 0 Å². The van der Waals surface area contributed by atoms with Gasteiger partial charge in [-0.1, -0.05) is 66.7 Å². The zero-order valence-electron chi connectivity index (χ0n) is 13.5. The molecule has 0 heterocycles. The minimum Gasteiger partial charge on any atom is -0.390 e. The van der Waals surface area contributed by atoms with Crippen molar-refractivity contribution in [1.82, 2.24) is 0 Å². The van der Waals surface area contributed by atoms with E-state index >= 15 is 0 Å². The van der Waals surface area contributed by atoms with Crippen molar-refractivity contribution < 1.29 is 14.6 Å². The molecule has 2 aromatic carbocycles. The second-order valence-electron chi connectivity index (χ2n) is 5.42. The van der Waals surface area contributed by atoms with Crippen LogP contribution in [-0.2, 0) is 16.1 Å². The zero-order valence-corrected chi connectivity index (χ0v) is 13.5.